The Kier molecular flexibility index (Phi) is 10.7. The number of anilines is 1. The van der Waals surface area contributed by atoms with Gasteiger partial charge in [0.1, 0.15) is 17.2 Å². The van der Waals surface area contributed by atoms with Gasteiger partial charge >= 0.3 is 0 Å². The van der Waals surface area contributed by atoms with Gasteiger partial charge in [0.2, 0.25) is 0 Å². The van der Waals surface area contributed by atoms with Crippen molar-refractivity contribution in [1.82, 2.24) is 10.6 Å². The standard InChI is InChI=1S/C24H34N4O3.HI/c1-4-25-24(26-14-13-18-11-12-20(30-2)16-22(18)29)27-19-8-7-15-28(17-19)21-9-5-6-10-23(21)31-3;/h5-6,9-12,16,19,29H,4,7-8,13-15,17H2,1-3H3,(H2,25,26,27);1H. The van der Waals surface area contributed by atoms with Crippen LogP contribution in [0.4, 0.5) is 5.69 Å². The minimum absolute atomic E-state index is 0. The molecule has 1 fully saturated rings. The largest absolute Gasteiger partial charge is 0.508 e. The van der Waals surface area contributed by atoms with Crippen molar-refractivity contribution in [3.05, 3.63) is 48.0 Å². The zero-order valence-corrected chi connectivity index (χ0v) is 21.5. The average Bonchev–Trinajstić information content (AvgIpc) is 2.80. The molecular formula is C24H35IN4O3. The number of nitrogens with zero attached hydrogens (tertiary/aromatic N) is 2. The Morgan fingerprint density at radius 3 is 2.72 bits per heavy atom. The molecule has 8 heteroatoms. The number of phenols is 1. The molecule has 1 atom stereocenters. The molecule has 3 N–H and O–H groups in total. The molecule has 0 aromatic heterocycles. The van der Waals surface area contributed by atoms with Gasteiger partial charge in [-0.25, -0.2) is 0 Å². The first-order chi connectivity index (χ1) is 15.1. The number of halogens is 1. The van der Waals surface area contributed by atoms with Crippen LogP contribution in [0.5, 0.6) is 17.2 Å². The highest BCUT2D eigenvalue weighted by Gasteiger charge is 2.22. The third-order valence-corrected chi connectivity index (χ3v) is 5.48. The Bertz CT molecular complexity index is 878. The van der Waals surface area contributed by atoms with E-state index >= 15 is 0 Å². The lowest BCUT2D eigenvalue weighted by Crippen LogP contribution is -2.51. The summed E-state index contributed by atoms with van der Waals surface area (Å²) >= 11 is 0. The number of nitrogens with one attached hydrogen (secondary N) is 2. The van der Waals surface area contributed by atoms with Crippen LogP contribution in [0.3, 0.4) is 0 Å². The monoisotopic (exact) mass is 554 g/mol. The third kappa shape index (κ3) is 7.08. The SMILES string of the molecule is CCNC(=NCCc1ccc(OC)cc1O)NC1CCCN(c2ccccc2OC)C1.I. The number of phenolic OH excluding ortho intramolecular Hbond substituents is 1. The van der Waals surface area contributed by atoms with Crippen LogP contribution in [0.25, 0.3) is 0 Å². The summed E-state index contributed by atoms with van der Waals surface area (Å²) in [6, 6.07) is 13.8. The molecule has 1 aliphatic rings. The van der Waals surface area contributed by atoms with E-state index in [1.807, 2.05) is 24.3 Å². The Labute approximate surface area is 208 Å². The zero-order valence-electron chi connectivity index (χ0n) is 19.1. The molecule has 0 amide bonds. The topological polar surface area (TPSA) is 78.4 Å². The van der Waals surface area contributed by atoms with Crippen molar-refractivity contribution in [2.75, 3.05) is 45.3 Å². The number of benzene rings is 2. The molecule has 32 heavy (non-hydrogen) atoms. The molecule has 2 aromatic carbocycles. The number of methoxy groups -OCH3 is 2. The van der Waals surface area contributed by atoms with Crippen molar-refractivity contribution >= 4 is 35.6 Å². The van der Waals surface area contributed by atoms with Crippen LogP contribution in [-0.2, 0) is 6.42 Å². The first kappa shape index (κ1) is 25.9. The molecule has 1 unspecified atom stereocenters. The van der Waals surface area contributed by atoms with Gasteiger partial charge in [0.25, 0.3) is 0 Å². The van der Waals surface area contributed by atoms with Gasteiger partial charge in [0.15, 0.2) is 5.96 Å². The summed E-state index contributed by atoms with van der Waals surface area (Å²) in [7, 11) is 3.31. The lowest BCUT2D eigenvalue weighted by atomic mass is 10.0. The number of aromatic hydroxyl groups is 1. The lowest BCUT2D eigenvalue weighted by molar-refractivity contribution is 0.406. The van der Waals surface area contributed by atoms with E-state index in [1.54, 1.807) is 20.3 Å². The molecule has 1 aliphatic heterocycles. The van der Waals surface area contributed by atoms with Crippen molar-refractivity contribution in [2.24, 2.45) is 4.99 Å². The van der Waals surface area contributed by atoms with Crippen LogP contribution in [0.15, 0.2) is 47.5 Å². The van der Waals surface area contributed by atoms with Gasteiger partial charge in [-0.1, -0.05) is 18.2 Å². The second kappa shape index (κ2) is 13.2. The first-order valence-electron chi connectivity index (χ1n) is 10.9. The summed E-state index contributed by atoms with van der Waals surface area (Å²) in [5.74, 6) is 2.61. The fraction of sp³-hybridized carbons (Fsp3) is 0.458. The quantitative estimate of drug-likeness (QED) is 0.262. The summed E-state index contributed by atoms with van der Waals surface area (Å²) in [6.45, 7) is 5.35. The average molecular weight is 554 g/mol. The summed E-state index contributed by atoms with van der Waals surface area (Å²) in [5.41, 5.74) is 1.99. The fourth-order valence-corrected chi connectivity index (χ4v) is 3.89. The van der Waals surface area contributed by atoms with E-state index in [9.17, 15) is 5.11 Å². The molecule has 2 aromatic rings. The molecule has 1 saturated heterocycles. The van der Waals surface area contributed by atoms with Crippen LogP contribution < -0.4 is 25.0 Å². The van der Waals surface area contributed by atoms with Gasteiger partial charge in [-0.2, -0.15) is 0 Å². The van der Waals surface area contributed by atoms with Gasteiger partial charge in [-0.05, 0) is 49.9 Å². The lowest BCUT2D eigenvalue weighted by Gasteiger charge is -2.36. The number of hydrogen-bond donors (Lipinski definition) is 3. The third-order valence-electron chi connectivity index (χ3n) is 5.48. The van der Waals surface area contributed by atoms with Gasteiger partial charge in [0, 0.05) is 38.3 Å². The maximum atomic E-state index is 10.2. The minimum atomic E-state index is 0. The number of guanidine groups is 1. The van der Waals surface area contributed by atoms with Crippen molar-refractivity contribution in [3.63, 3.8) is 0 Å². The van der Waals surface area contributed by atoms with Crippen molar-refractivity contribution in [3.8, 4) is 17.2 Å². The highest BCUT2D eigenvalue weighted by Crippen LogP contribution is 2.30. The number of aliphatic imine (C=N–C) groups is 1. The van der Waals surface area contributed by atoms with E-state index in [2.05, 4.69) is 34.6 Å². The molecule has 1 heterocycles. The van der Waals surface area contributed by atoms with Crippen molar-refractivity contribution < 1.29 is 14.6 Å². The number of rotatable bonds is 8. The molecule has 7 nitrogen and oxygen atoms in total. The Hall–Kier alpha value is -2.36. The molecular weight excluding hydrogens is 519 g/mol. The highest BCUT2D eigenvalue weighted by atomic mass is 127. The van der Waals surface area contributed by atoms with Crippen LogP contribution in [0, 0.1) is 0 Å². The van der Waals surface area contributed by atoms with Gasteiger partial charge in [0.05, 0.1) is 19.9 Å². The predicted octanol–water partition coefficient (Wildman–Crippen LogP) is 3.79. The smallest absolute Gasteiger partial charge is 0.191 e. The van der Waals surface area contributed by atoms with E-state index in [0.717, 1.165) is 55.4 Å². The van der Waals surface area contributed by atoms with Crippen LogP contribution >= 0.6 is 24.0 Å². The minimum Gasteiger partial charge on any atom is -0.508 e. The molecule has 3 rings (SSSR count). The molecule has 0 aliphatic carbocycles. The number of piperidine rings is 1. The first-order valence-corrected chi connectivity index (χ1v) is 10.9. The Balaban J connectivity index is 0.00000363. The molecule has 176 valence electrons. The zero-order chi connectivity index (χ0) is 22.1. The van der Waals surface area contributed by atoms with Crippen LogP contribution in [-0.4, -0.2) is 57.5 Å². The van der Waals surface area contributed by atoms with E-state index in [4.69, 9.17) is 14.5 Å². The van der Waals surface area contributed by atoms with Crippen molar-refractivity contribution in [1.29, 1.82) is 0 Å². The predicted molar refractivity (Wildman–Crippen MR) is 141 cm³/mol. The van der Waals surface area contributed by atoms with Gasteiger partial charge in [-0.3, -0.25) is 4.99 Å². The maximum absolute atomic E-state index is 10.2. The summed E-state index contributed by atoms with van der Waals surface area (Å²) < 4.78 is 10.7. The van der Waals surface area contributed by atoms with Crippen LogP contribution in [0.2, 0.25) is 0 Å². The summed E-state index contributed by atoms with van der Waals surface area (Å²) in [4.78, 5) is 7.10. The van der Waals surface area contributed by atoms with Crippen LogP contribution in [0.1, 0.15) is 25.3 Å². The van der Waals surface area contributed by atoms with E-state index in [-0.39, 0.29) is 29.7 Å². The second-order valence-corrected chi connectivity index (χ2v) is 7.61. The molecule has 0 spiro atoms. The summed E-state index contributed by atoms with van der Waals surface area (Å²) in [5, 5.41) is 17.1. The number of hydrogen-bond acceptors (Lipinski definition) is 5. The fourth-order valence-electron chi connectivity index (χ4n) is 3.89. The van der Waals surface area contributed by atoms with E-state index in [0.29, 0.717) is 24.8 Å². The molecule has 0 bridgehead atoms. The van der Waals surface area contributed by atoms with E-state index < -0.39 is 0 Å². The number of ether oxygens (including phenoxy) is 2. The summed E-state index contributed by atoms with van der Waals surface area (Å²) in [6.07, 6.45) is 2.86. The molecule has 0 saturated carbocycles. The number of para-hydroxylation sites is 2. The van der Waals surface area contributed by atoms with Gasteiger partial charge in [-0.15, -0.1) is 24.0 Å². The van der Waals surface area contributed by atoms with Crippen molar-refractivity contribution in [2.45, 2.75) is 32.2 Å². The second-order valence-electron chi connectivity index (χ2n) is 7.61. The van der Waals surface area contributed by atoms with E-state index in [1.165, 1.54) is 0 Å². The maximum Gasteiger partial charge on any atom is 0.191 e. The highest BCUT2D eigenvalue weighted by molar-refractivity contribution is 14.0. The Morgan fingerprint density at radius 2 is 2.00 bits per heavy atom. The normalized spacial score (nSPS) is 16.2. The molecule has 0 radical (unpaired) electrons. The Morgan fingerprint density at radius 1 is 1.19 bits per heavy atom. The van der Waals surface area contributed by atoms with Gasteiger partial charge < -0.3 is 30.1 Å².